The highest BCUT2D eigenvalue weighted by Crippen LogP contribution is 2.21. The minimum Gasteiger partial charge on any atom is -0.478 e. The number of carboxylic acids is 1. The summed E-state index contributed by atoms with van der Waals surface area (Å²) >= 11 is 5.56. The maximum Gasteiger partial charge on any atom is 0.339 e. The summed E-state index contributed by atoms with van der Waals surface area (Å²) in [5.74, 6) is -1.47. The second-order valence-corrected chi connectivity index (χ2v) is 3.13. The normalized spacial score (nSPS) is 9.73. The first-order valence-corrected chi connectivity index (χ1v) is 4.68. The summed E-state index contributed by atoms with van der Waals surface area (Å²) in [6.45, 7) is 1.21. The molecule has 0 bridgehead atoms. The van der Waals surface area contributed by atoms with Crippen LogP contribution < -0.4 is 4.74 Å². The molecule has 0 aliphatic rings. The number of benzene rings is 1. The minimum absolute atomic E-state index is 0.0314. The van der Waals surface area contributed by atoms with Crippen molar-refractivity contribution < 1.29 is 19.4 Å². The Morgan fingerprint density at radius 1 is 1.47 bits per heavy atom. The van der Waals surface area contributed by atoms with Crippen molar-refractivity contribution in [2.24, 2.45) is 0 Å². The van der Waals surface area contributed by atoms with E-state index in [1.54, 1.807) is 6.07 Å². The fraction of sp³-hybridized carbons (Fsp3) is 0.200. The van der Waals surface area contributed by atoms with Crippen LogP contribution in [-0.2, 0) is 10.7 Å². The number of aromatic carboxylic acids is 1. The van der Waals surface area contributed by atoms with Crippen molar-refractivity contribution >= 4 is 23.5 Å². The van der Waals surface area contributed by atoms with Crippen LogP contribution in [0.4, 0.5) is 0 Å². The highest BCUT2D eigenvalue weighted by molar-refractivity contribution is 6.17. The van der Waals surface area contributed by atoms with Gasteiger partial charge in [0.05, 0.1) is 0 Å². The molecule has 1 aromatic rings. The van der Waals surface area contributed by atoms with E-state index in [1.165, 1.54) is 19.1 Å². The number of alkyl halides is 1. The first kappa shape index (κ1) is 11.5. The standard InChI is InChI=1S/C10H9ClO4/c1-6(12)15-9-3-2-7(5-11)4-8(9)10(13)14/h2-4H,5H2,1H3,(H,13,14). The summed E-state index contributed by atoms with van der Waals surface area (Å²) in [5.41, 5.74) is 0.591. The van der Waals surface area contributed by atoms with Gasteiger partial charge in [-0.05, 0) is 17.7 Å². The zero-order valence-corrected chi connectivity index (χ0v) is 8.75. The molecule has 0 aromatic heterocycles. The molecule has 0 fully saturated rings. The Hall–Kier alpha value is -1.55. The lowest BCUT2D eigenvalue weighted by atomic mass is 10.1. The Kier molecular flexibility index (Phi) is 3.68. The first-order valence-electron chi connectivity index (χ1n) is 4.15. The Morgan fingerprint density at radius 3 is 2.60 bits per heavy atom. The fourth-order valence-electron chi connectivity index (χ4n) is 1.07. The zero-order chi connectivity index (χ0) is 11.4. The summed E-state index contributed by atoms with van der Waals surface area (Å²) in [5, 5.41) is 8.86. The second-order valence-electron chi connectivity index (χ2n) is 2.86. The number of carbonyl (C=O) groups excluding carboxylic acids is 1. The number of halogens is 1. The predicted octanol–water partition coefficient (Wildman–Crippen LogP) is 2.05. The largest absolute Gasteiger partial charge is 0.478 e. The van der Waals surface area contributed by atoms with Crippen LogP contribution in [0.2, 0.25) is 0 Å². The molecule has 1 aromatic carbocycles. The van der Waals surface area contributed by atoms with Crippen molar-refractivity contribution in [1.82, 2.24) is 0 Å². The van der Waals surface area contributed by atoms with Crippen molar-refractivity contribution in [3.63, 3.8) is 0 Å². The van der Waals surface area contributed by atoms with Crippen LogP contribution in [0.25, 0.3) is 0 Å². The molecule has 4 nitrogen and oxygen atoms in total. The van der Waals surface area contributed by atoms with Gasteiger partial charge in [-0.3, -0.25) is 4.79 Å². The molecule has 0 aliphatic carbocycles. The molecule has 5 heteroatoms. The van der Waals surface area contributed by atoms with Crippen LogP contribution in [0.5, 0.6) is 5.75 Å². The van der Waals surface area contributed by atoms with E-state index in [0.717, 1.165) is 0 Å². The number of hydrogen-bond donors (Lipinski definition) is 1. The van der Waals surface area contributed by atoms with Gasteiger partial charge in [0.15, 0.2) is 0 Å². The van der Waals surface area contributed by atoms with E-state index in [2.05, 4.69) is 0 Å². The number of hydrogen-bond acceptors (Lipinski definition) is 3. The van der Waals surface area contributed by atoms with Crippen molar-refractivity contribution in [3.8, 4) is 5.75 Å². The number of carbonyl (C=O) groups is 2. The van der Waals surface area contributed by atoms with Gasteiger partial charge in [0.2, 0.25) is 0 Å². The van der Waals surface area contributed by atoms with Gasteiger partial charge in [-0.15, -0.1) is 11.6 Å². The van der Waals surface area contributed by atoms with Gasteiger partial charge in [-0.1, -0.05) is 6.07 Å². The molecule has 0 amide bonds. The van der Waals surface area contributed by atoms with Gasteiger partial charge in [-0.2, -0.15) is 0 Å². The van der Waals surface area contributed by atoms with E-state index >= 15 is 0 Å². The van der Waals surface area contributed by atoms with Crippen molar-refractivity contribution in [3.05, 3.63) is 29.3 Å². The van der Waals surface area contributed by atoms with Gasteiger partial charge in [0.1, 0.15) is 11.3 Å². The molecule has 0 atom stereocenters. The Labute approximate surface area is 91.4 Å². The van der Waals surface area contributed by atoms with E-state index in [0.29, 0.717) is 5.56 Å². The third kappa shape index (κ3) is 2.95. The highest BCUT2D eigenvalue weighted by Gasteiger charge is 2.13. The average molecular weight is 229 g/mol. The third-order valence-electron chi connectivity index (χ3n) is 1.68. The van der Waals surface area contributed by atoms with E-state index < -0.39 is 11.9 Å². The number of ether oxygens (including phenoxy) is 1. The summed E-state index contributed by atoms with van der Waals surface area (Å²) < 4.78 is 4.74. The van der Waals surface area contributed by atoms with E-state index in [1.807, 2.05) is 0 Å². The van der Waals surface area contributed by atoms with Crippen LogP contribution in [0.3, 0.4) is 0 Å². The van der Waals surface area contributed by atoms with Gasteiger partial charge >= 0.3 is 11.9 Å². The summed E-state index contributed by atoms with van der Waals surface area (Å²) in [7, 11) is 0. The lowest BCUT2D eigenvalue weighted by Gasteiger charge is -2.06. The fourth-order valence-corrected chi connectivity index (χ4v) is 1.24. The lowest BCUT2D eigenvalue weighted by molar-refractivity contribution is -0.131. The molecule has 0 spiro atoms. The van der Waals surface area contributed by atoms with Gasteiger partial charge in [-0.25, -0.2) is 4.79 Å². The number of esters is 1. The Bertz CT molecular complexity index is 400. The molecule has 0 aliphatic heterocycles. The lowest BCUT2D eigenvalue weighted by Crippen LogP contribution is -2.07. The Balaban J connectivity index is 3.15. The molecule has 0 unspecified atom stereocenters. The monoisotopic (exact) mass is 228 g/mol. The van der Waals surface area contributed by atoms with Crippen molar-refractivity contribution in [2.75, 3.05) is 0 Å². The summed E-state index contributed by atoms with van der Waals surface area (Å²) in [6.07, 6.45) is 0. The number of carboxylic acid groups (broad SMARTS) is 1. The van der Waals surface area contributed by atoms with Crippen LogP contribution in [-0.4, -0.2) is 17.0 Å². The molecule has 15 heavy (non-hydrogen) atoms. The van der Waals surface area contributed by atoms with Crippen LogP contribution in [0.15, 0.2) is 18.2 Å². The average Bonchev–Trinajstić information content (AvgIpc) is 2.17. The van der Waals surface area contributed by atoms with Gasteiger partial charge < -0.3 is 9.84 Å². The van der Waals surface area contributed by atoms with Crippen LogP contribution in [0.1, 0.15) is 22.8 Å². The summed E-state index contributed by atoms with van der Waals surface area (Å²) in [4.78, 5) is 21.5. The maximum atomic E-state index is 10.8. The van der Waals surface area contributed by atoms with Crippen LogP contribution >= 0.6 is 11.6 Å². The molecule has 0 radical (unpaired) electrons. The molecule has 0 heterocycles. The van der Waals surface area contributed by atoms with Crippen molar-refractivity contribution in [2.45, 2.75) is 12.8 Å². The highest BCUT2D eigenvalue weighted by atomic mass is 35.5. The van der Waals surface area contributed by atoms with Gasteiger partial charge in [0, 0.05) is 12.8 Å². The van der Waals surface area contributed by atoms with Gasteiger partial charge in [0.25, 0.3) is 0 Å². The minimum atomic E-state index is -1.15. The van der Waals surface area contributed by atoms with Crippen molar-refractivity contribution in [1.29, 1.82) is 0 Å². The molecular formula is C10H9ClO4. The molecule has 0 saturated carbocycles. The second kappa shape index (κ2) is 4.79. The Morgan fingerprint density at radius 2 is 2.13 bits per heavy atom. The first-order chi connectivity index (χ1) is 7.04. The molecular weight excluding hydrogens is 220 g/mol. The van der Waals surface area contributed by atoms with E-state index in [4.69, 9.17) is 21.4 Å². The molecule has 0 saturated heterocycles. The van der Waals surface area contributed by atoms with Crippen LogP contribution in [0, 0.1) is 0 Å². The molecule has 1 rings (SSSR count). The predicted molar refractivity (Wildman–Crippen MR) is 54.3 cm³/mol. The smallest absolute Gasteiger partial charge is 0.339 e. The van der Waals surface area contributed by atoms with E-state index in [-0.39, 0.29) is 17.2 Å². The molecule has 1 N–H and O–H groups in total. The quantitative estimate of drug-likeness (QED) is 0.489. The third-order valence-corrected chi connectivity index (χ3v) is 1.99. The zero-order valence-electron chi connectivity index (χ0n) is 7.99. The SMILES string of the molecule is CC(=O)Oc1ccc(CCl)cc1C(=O)O. The summed E-state index contributed by atoms with van der Waals surface area (Å²) in [6, 6.07) is 4.41. The van der Waals surface area contributed by atoms with E-state index in [9.17, 15) is 9.59 Å². The number of rotatable bonds is 3. The topological polar surface area (TPSA) is 63.6 Å². The maximum absolute atomic E-state index is 10.8. The molecule has 80 valence electrons.